The summed E-state index contributed by atoms with van der Waals surface area (Å²) in [5.74, 6) is -0.0199. The van der Waals surface area contributed by atoms with Gasteiger partial charge in [-0.05, 0) is 37.1 Å². The van der Waals surface area contributed by atoms with Crippen molar-refractivity contribution in [2.75, 3.05) is 19.8 Å². The summed E-state index contributed by atoms with van der Waals surface area (Å²) < 4.78 is 5.29. The fourth-order valence-corrected chi connectivity index (χ4v) is 2.07. The van der Waals surface area contributed by atoms with Crippen molar-refractivity contribution in [1.29, 1.82) is 0 Å². The molecule has 0 aromatic heterocycles. The Morgan fingerprint density at radius 3 is 2.50 bits per heavy atom. The standard InChI is InChI=1S/C13H18N2O3/c14-9-13(5-7-18-8-6-13)15-12(17)10-1-3-11(16)4-2-10/h1-4,16H,5-9,14H2,(H,15,17). The first-order chi connectivity index (χ1) is 8.65. The van der Waals surface area contributed by atoms with Crippen molar-refractivity contribution in [3.05, 3.63) is 29.8 Å². The molecule has 0 saturated carbocycles. The molecule has 98 valence electrons. The number of phenolic OH excluding ortho intramolecular Hbond substituents is 1. The summed E-state index contributed by atoms with van der Waals surface area (Å²) in [6.07, 6.45) is 1.46. The summed E-state index contributed by atoms with van der Waals surface area (Å²) >= 11 is 0. The number of nitrogens with two attached hydrogens (primary N) is 1. The number of phenols is 1. The molecular formula is C13H18N2O3. The predicted molar refractivity (Wildman–Crippen MR) is 67.4 cm³/mol. The Hall–Kier alpha value is -1.59. The Bertz CT molecular complexity index is 411. The highest BCUT2D eigenvalue weighted by Gasteiger charge is 2.32. The minimum absolute atomic E-state index is 0.145. The van der Waals surface area contributed by atoms with E-state index in [0.29, 0.717) is 25.3 Å². The van der Waals surface area contributed by atoms with E-state index in [4.69, 9.17) is 10.5 Å². The molecule has 0 spiro atoms. The molecule has 4 N–H and O–H groups in total. The molecule has 1 fully saturated rings. The van der Waals surface area contributed by atoms with Gasteiger partial charge in [0.05, 0.1) is 5.54 Å². The van der Waals surface area contributed by atoms with Crippen LogP contribution in [-0.4, -0.2) is 36.3 Å². The number of carbonyl (C=O) groups is 1. The lowest BCUT2D eigenvalue weighted by atomic mass is 9.89. The second-order valence-electron chi connectivity index (χ2n) is 4.60. The van der Waals surface area contributed by atoms with Crippen LogP contribution in [0.15, 0.2) is 24.3 Å². The van der Waals surface area contributed by atoms with Crippen LogP contribution in [0.4, 0.5) is 0 Å². The number of amides is 1. The molecule has 18 heavy (non-hydrogen) atoms. The van der Waals surface area contributed by atoms with Gasteiger partial charge >= 0.3 is 0 Å². The molecule has 5 nitrogen and oxygen atoms in total. The van der Waals surface area contributed by atoms with Gasteiger partial charge in [-0.2, -0.15) is 0 Å². The molecule has 0 aliphatic carbocycles. The van der Waals surface area contributed by atoms with Crippen molar-refractivity contribution in [1.82, 2.24) is 5.32 Å². The monoisotopic (exact) mass is 250 g/mol. The molecular weight excluding hydrogens is 232 g/mol. The lowest BCUT2D eigenvalue weighted by Crippen LogP contribution is -2.56. The lowest BCUT2D eigenvalue weighted by molar-refractivity contribution is 0.0388. The molecule has 0 unspecified atom stereocenters. The second-order valence-corrected chi connectivity index (χ2v) is 4.60. The van der Waals surface area contributed by atoms with Crippen LogP contribution < -0.4 is 11.1 Å². The predicted octanol–water partition coefficient (Wildman–Crippen LogP) is 0.630. The first-order valence-electron chi connectivity index (χ1n) is 6.05. The zero-order chi connectivity index (χ0) is 13.0. The van der Waals surface area contributed by atoms with Gasteiger partial charge in [0.15, 0.2) is 0 Å². The van der Waals surface area contributed by atoms with Crippen molar-refractivity contribution in [3.8, 4) is 5.75 Å². The number of nitrogens with one attached hydrogen (secondary N) is 1. The molecule has 5 heteroatoms. The van der Waals surface area contributed by atoms with Crippen molar-refractivity contribution in [2.24, 2.45) is 5.73 Å². The maximum atomic E-state index is 12.1. The number of hydrogen-bond donors (Lipinski definition) is 3. The molecule has 1 aromatic carbocycles. The topological polar surface area (TPSA) is 84.6 Å². The van der Waals surface area contributed by atoms with Crippen molar-refractivity contribution in [2.45, 2.75) is 18.4 Å². The van der Waals surface area contributed by atoms with Crippen LogP contribution in [0.2, 0.25) is 0 Å². The van der Waals surface area contributed by atoms with Gasteiger partial charge in [-0.3, -0.25) is 4.79 Å². The van der Waals surface area contributed by atoms with E-state index in [1.807, 2.05) is 0 Å². The minimum atomic E-state index is -0.368. The van der Waals surface area contributed by atoms with Gasteiger partial charge < -0.3 is 20.9 Å². The van der Waals surface area contributed by atoms with Gasteiger partial charge in [0.2, 0.25) is 0 Å². The van der Waals surface area contributed by atoms with Gasteiger partial charge in [-0.1, -0.05) is 0 Å². The van der Waals surface area contributed by atoms with E-state index in [1.54, 1.807) is 12.1 Å². The Labute approximate surface area is 106 Å². The third-order valence-corrected chi connectivity index (χ3v) is 3.35. The second kappa shape index (κ2) is 5.37. The van der Waals surface area contributed by atoms with Crippen molar-refractivity contribution in [3.63, 3.8) is 0 Å². The van der Waals surface area contributed by atoms with E-state index < -0.39 is 0 Å². The van der Waals surface area contributed by atoms with Crippen LogP contribution >= 0.6 is 0 Å². The van der Waals surface area contributed by atoms with E-state index >= 15 is 0 Å². The van der Waals surface area contributed by atoms with E-state index in [2.05, 4.69) is 5.32 Å². The van der Waals surface area contributed by atoms with Gasteiger partial charge in [-0.15, -0.1) is 0 Å². The minimum Gasteiger partial charge on any atom is -0.508 e. The van der Waals surface area contributed by atoms with Gasteiger partial charge in [-0.25, -0.2) is 0 Å². The maximum Gasteiger partial charge on any atom is 0.251 e. The van der Waals surface area contributed by atoms with Crippen LogP contribution in [0.1, 0.15) is 23.2 Å². The van der Waals surface area contributed by atoms with Crippen LogP contribution in [0, 0.1) is 0 Å². The molecule has 0 radical (unpaired) electrons. The molecule has 2 rings (SSSR count). The maximum absolute atomic E-state index is 12.1. The van der Waals surface area contributed by atoms with Crippen LogP contribution in [0.25, 0.3) is 0 Å². The first-order valence-corrected chi connectivity index (χ1v) is 6.05. The zero-order valence-corrected chi connectivity index (χ0v) is 10.2. The van der Waals surface area contributed by atoms with Gasteiger partial charge in [0.1, 0.15) is 5.75 Å². The molecule has 1 aliphatic rings. The highest BCUT2D eigenvalue weighted by atomic mass is 16.5. The molecule has 1 aromatic rings. The molecule has 0 bridgehead atoms. The molecule has 0 atom stereocenters. The van der Waals surface area contributed by atoms with E-state index in [9.17, 15) is 9.90 Å². The lowest BCUT2D eigenvalue weighted by Gasteiger charge is -2.36. The fraction of sp³-hybridized carbons (Fsp3) is 0.462. The SMILES string of the molecule is NCC1(NC(=O)c2ccc(O)cc2)CCOCC1. The molecule has 1 amide bonds. The molecule has 1 aliphatic heterocycles. The smallest absolute Gasteiger partial charge is 0.251 e. The number of benzene rings is 1. The van der Waals surface area contributed by atoms with Crippen molar-refractivity contribution >= 4 is 5.91 Å². The summed E-state index contributed by atoms with van der Waals surface area (Å²) in [7, 11) is 0. The summed E-state index contributed by atoms with van der Waals surface area (Å²) in [6, 6.07) is 6.17. The third kappa shape index (κ3) is 2.80. The number of rotatable bonds is 3. The quantitative estimate of drug-likeness (QED) is 0.734. The number of carbonyl (C=O) groups excluding carboxylic acids is 1. The van der Waals surface area contributed by atoms with Crippen LogP contribution in [-0.2, 0) is 4.74 Å². The Morgan fingerprint density at radius 2 is 1.94 bits per heavy atom. The van der Waals surface area contributed by atoms with Crippen LogP contribution in [0.3, 0.4) is 0 Å². The van der Waals surface area contributed by atoms with Gasteiger partial charge in [0.25, 0.3) is 5.91 Å². The molecule has 1 saturated heterocycles. The first kappa shape index (κ1) is 12.9. The number of ether oxygens (including phenoxy) is 1. The van der Waals surface area contributed by atoms with E-state index in [-0.39, 0.29) is 17.2 Å². The summed E-state index contributed by atoms with van der Waals surface area (Å²) in [6.45, 7) is 1.64. The molecule has 1 heterocycles. The highest BCUT2D eigenvalue weighted by Crippen LogP contribution is 2.20. The van der Waals surface area contributed by atoms with Gasteiger partial charge in [0, 0.05) is 25.3 Å². The van der Waals surface area contributed by atoms with Crippen molar-refractivity contribution < 1.29 is 14.6 Å². The normalized spacial score (nSPS) is 18.3. The Balaban J connectivity index is 2.07. The number of hydrogen-bond acceptors (Lipinski definition) is 4. The third-order valence-electron chi connectivity index (χ3n) is 3.35. The Kier molecular flexibility index (Phi) is 3.84. The average molecular weight is 250 g/mol. The number of aromatic hydroxyl groups is 1. The largest absolute Gasteiger partial charge is 0.508 e. The summed E-state index contributed by atoms with van der Waals surface area (Å²) in [5.41, 5.74) is 5.93. The highest BCUT2D eigenvalue weighted by molar-refractivity contribution is 5.94. The Morgan fingerprint density at radius 1 is 1.33 bits per heavy atom. The fourth-order valence-electron chi connectivity index (χ4n) is 2.07. The van der Waals surface area contributed by atoms with E-state index in [1.165, 1.54) is 12.1 Å². The summed E-state index contributed by atoms with van der Waals surface area (Å²) in [4.78, 5) is 12.1. The van der Waals surface area contributed by atoms with Crippen LogP contribution in [0.5, 0.6) is 5.75 Å². The zero-order valence-electron chi connectivity index (χ0n) is 10.2. The average Bonchev–Trinajstić information content (AvgIpc) is 2.40. The van der Waals surface area contributed by atoms with E-state index in [0.717, 1.165) is 12.8 Å². The summed E-state index contributed by atoms with van der Waals surface area (Å²) in [5, 5.41) is 12.2.